The summed E-state index contributed by atoms with van der Waals surface area (Å²) in [6, 6.07) is 10.7. The van der Waals surface area contributed by atoms with Gasteiger partial charge in [0.1, 0.15) is 17.3 Å². The van der Waals surface area contributed by atoms with Crippen molar-refractivity contribution in [2.24, 2.45) is 0 Å². The van der Waals surface area contributed by atoms with Crippen LogP contribution in [0.3, 0.4) is 0 Å². The molecule has 0 fully saturated rings. The number of carbonyl (C=O) groups excluding carboxylic acids is 2. The zero-order valence-electron chi connectivity index (χ0n) is 16.7. The van der Waals surface area contributed by atoms with Crippen molar-refractivity contribution in [3.8, 4) is 5.75 Å². The summed E-state index contributed by atoms with van der Waals surface area (Å²) >= 11 is 0. The van der Waals surface area contributed by atoms with E-state index in [9.17, 15) is 14.0 Å². The molecule has 1 unspecified atom stereocenters. The first kappa shape index (κ1) is 19.6. The molecule has 0 aliphatic carbocycles. The van der Waals surface area contributed by atoms with Crippen LogP contribution in [0.25, 0.3) is 0 Å². The molecule has 2 amide bonds. The Hall–Kier alpha value is -3.68. The molecule has 0 spiro atoms. The van der Waals surface area contributed by atoms with Crippen LogP contribution in [0.5, 0.6) is 5.75 Å². The van der Waals surface area contributed by atoms with Gasteiger partial charge in [-0.25, -0.2) is 4.39 Å². The van der Waals surface area contributed by atoms with Crippen LogP contribution in [0.1, 0.15) is 34.3 Å². The summed E-state index contributed by atoms with van der Waals surface area (Å²) in [7, 11) is 0. The van der Waals surface area contributed by atoms with Crippen LogP contribution < -0.4 is 15.0 Å². The third-order valence-corrected chi connectivity index (χ3v) is 5.04. The predicted octanol–water partition coefficient (Wildman–Crippen LogP) is 4.00. The monoisotopic (exact) mass is 409 g/mol. The van der Waals surface area contributed by atoms with Crippen molar-refractivity contribution in [2.75, 3.05) is 10.2 Å². The zero-order valence-corrected chi connectivity index (χ0v) is 16.7. The van der Waals surface area contributed by atoms with E-state index < -0.39 is 17.8 Å². The van der Waals surface area contributed by atoms with Gasteiger partial charge in [-0.1, -0.05) is 17.3 Å². The van der Waals surface area contributed by atoms with E-state index in [0.717, 1.165) is 5.56 Å². The number of halogens is 1. The summed E-state index contributed by atoms with van der Waals surface area (Å²) in [6.45, 7) is 5.53. The Morgan fingerprint density at radius 3 is 2.70 bits per heavy atom. The molecule has 4 rings (SSSR count). The van der Waals surface area contributed by atoms with Crippen LogP contribution in [0, 0.1) is 19.7 Å². The molecular weight excluding hydrogens is 389 g/mol. The Morgan fingerprint density at radius 1 is 1.23 bits per heavy atom. The molecule has 1 aromatic heterocycles. The summed E-state index contributed by atoms with van der Waals surface area (Å²) in [4.78, 5) is 26.9. The molecule has 1 N–H and O–H groups in total. The van der Waals surface area contributed by atoms with Gasteiger partial charge in [-0.15, -0.1) is 0 Å². The fourth-order valence-electron chi connectivity index (χ4n) is 3.38. The average molecular weight is 409 g/mol. The molecule has 154 valence electrons. The van der Waals surface area contributed by atoms with E-state index in [1.807, 2.05) is 6.92 Å². The van der Waals surface area contributed by atoms with Crippen molar-refractivity contribution in [3.63, 3.8) is 0 Å². The van der Waals surface area contributed by atoms with E-state index >= 15 is 0 Å². The van der Waals surface area contributed by atoms with E-state index in [2.05, 4.69) is 10.5 Å². The number of nitrogens with one attached hydrogen (secondary N) is 1. The van der Waals surface area contributed by atoms with Gasteiger partial charge < -0.3 is 19.5 Å². The van der Waals surface area contributed by atoms with Gasteiger partial charge in [-0.2, -0.15) is 0 Å². The van der Waals surface area contributed by atoms with Crippen LogP contribution in [-0.4, -0.2) is 23.1 Å². The van der Waals surface area contributed by atoms with E-state index in [1.54, 1.807) is 43.0 Å². The quantitative estimate of drug-likeness (QED) is 0.704. The molecule has 1 aliphatic rings. The number of benzene rings is 2. The Balaban J connectivity index is 1.67. The smallest absolute Gasteiger partial charge is 0.268 e. The minimum absolute atomic E-state index is 0.0660. The number of aromatic nitrogens is 1. The summed E-state index contributed by atoms with van der Waals surface area (Å²) in [5.74, 6) is -0.273. The fraction of sp³-hybridized carbons (Fsp3) is 0.227. The lowest BCUT2D eigenvalue weighted by atomic mass is 10.1. The summed E-state index contributed by atoms with van der Waals surface area (Å²) in [5, 5.41) is 6.62. The van der Waals surface area contributed by atoms with Gasteiger partial charge in [0.2, 0.25) is 0 Å². The number of hydrogen-bond acceptors (Lipinski definition) is 5. The molecule has 8 heteroatoms. The molecule has 2 heterocycles. The number of rotatable bonds is 4. The standard InChI is InChI=1S/C22H20FN3O4/c1-12-17(13(2)30-25-12)11-26-19-10-15(8-9-20(19)29-14(3)22(26)28)24-21(27)16-6-4-5-7-18(16)23/h4-10,14H,11H2,1-3H3,(H,24,27). The SMILES string of the molecule is Cc1noc(C)c1CN1C(=O)C(C)Oc2ccc(NC(=O)c3ccccc3F)cc21. The van der Waals surface area contributed by atoms with Crippen molar-refractivity contribution in [1.29, 1.82) is 0 Å². The van der Waals surface area contributed by atoms with Crippen molar-refractivity contribution >= 4 is 23.2 Å². The highest BCUT2D eigenvalue weighted by Gasteiger charge is 2.33. The second kappa shape index (κ2) is 7.62. The Morgan fingerprint density at radius 2 is 2.00 bits per heavy atom. The Bertz CT molecular complexity index is 1120. The minimum Gasteiger partial charge on any atom is -0.479 e. The van der Waals surface area contributed by atoms with Crippen LogP contribution in [0.4, 0.5) is 15.8 Å². The fourth-order valence-corrected chi connectivity index (χ4v) is 3.38. The highest BCUT2D eigenvalue weighted by atomic mass is 19.1. The summed E-state index contributed by atoms with van der Waals surface area (Å²) in [5.41, 5.74) is 2.36. The number of ether oxygens (including phenoxy) is 1. The molecule has 3 aromatic rings. The van der Waals surface area contributed by atoms with E-state index in [-0.39, 0.29) is 18.0 Å². The Labute approximate surface area is 172 Å². The molecule has 0 radical (unpaired) electrons. The zero-order chi connectivity index (χ0) is 21.4. The first-order chi connectivity index (χ1) is 14.3. The molecule has 1 aliphatic heterocycles. The second-order valence-electron chi connectivity index (χ2n) is 7.10. The topological polar surface area (TPSA) is 84.7 Å². The molecule has 0 saturated heterocycles. The number of anilines is 2. The van der Waals surface area contributed by atoms with Crippen molar-refractivity contribution in [1.82, 2.24) is 5.16 Å². The summed E-state index contributed by atoms with van der Waals surface area (Å²) < 4.78 is 24.8. The third-order valence-electron chi connectivity index (χ3n) is 5.04. The van der Waals surface area contributed by atoms with Gasteiger partial charge >= 0.3 is 0 Å². The molecular formula is C22H20FN3O4. The molecule has 30 heavy (non-hydrogen) atoms. The van der Waals surface area contributed by atoms with Crippen molar-refractivity contribution < 1.29 is 23.2 Å². The van der Waals surface area contributed by atoms with Crippen LogP contribution in [0.2, 0.25) is 0 Å². The molecule has 7 nitrogen and oxygen atoms in total. The van der Waals surface area contributed by atoms with E-state index in [1.165, 1.54) is 18.2 Å². The third kappa shape index (κ3) is 3.52. The highest BCUT2D eigenvalue weighted by molar-refractivity contribution is 6.05. The summed E-state index contributed by atoms with van der Waals surface area (Å²) in [6.07, 6.45) is -0.656. The van der Waals surface area contributed by atoms with Crippen LogP contribution in [-0.2, 0) is 11.3 Å². The number of nitrogens with zero attached hydrogens (tertiary/aromatic N) is 2. The maximum Gasteiger partial charge on any atom is 0.268 e. The lowest BCUT2D eigenvalue weighted by Crippen LogP contribution is -2.44. The first-order valence-corrected chi connectivity index (χ1v) is 9.45. The van der Waals surface area contributed by atoms with Gasteiger partial charge in [-0.3, -0.25) is 9.59 Å². The Kier molecular flexibility index (Phi) is 4.99. The molecule has 2 aromatic carbocycles. The van der Waals surface area contributed by atoms with Gasteiger partial charge in [0.05, 0.1) is 23.5 Å². The maximum atomic E-state index is 13.9. The number of amides is 2. The average Bonchev–Trinajstić information content (AvgIpc) is 3.04. The van der Waals surface area contributed by atoms with Gasteiger partial charge in [0.25, 0.3) is 11.8 Å². The van der Waals surface area contributed by atoms with Crippen LogP contribution in [0.15, 0.2) is 47.0 Å². The number of carbonyl (C=O) groups is 2. The number of hydrogen-bond donors (Lipinski definition) is 1. The predicted molar refractivity (Wildman–Crippen MR) is 108 cm³/mol. The van der Waals surface area contributed by atoms with Crippen LogP contribution >= 0.6 is 0 Å². The van der Waals surface area contributed by atoms with Crippen molar-refractivity contribution in [3.05, 3.63) is 70.9 Å². The maximum absolute atomic E-state index is 13.9. The van der Waals surface area contributed by atoms with Gasteiger partial charge in [-0.05, 0) is 51.1 Å². The van der Waals surface area contributed by atoms with Gasteiger partial charge in [0, 0.05) is 11.3 Å². The largest absolute Gasteiger partial charge is 0.479 e. The van der Waals surface area contributed by atoms with E-state index in [4.69, 9.17) is 9.26 Å². The number of fused-ring (bicyclic) bond motifs is 1. The molecule has 1 atom stereocenters. The first-order valence-electron chi connectivity index (χ1n) is 9.45. The second-order valence-corrected chi connectivity index (χ2v) is 7.10. The van der Waals surface area contributed by atoms with Gasteiger partial charge in [0.15, 0.2) is 6.10 Å². The number of aryl methyl sites for hydroxylation is 2. The normalized spacial score (nSPS) is 15.5. The molecule has 0 bridgehead atoms. The highest BCUT2D eigenvalue weighted by Crippen LogP contribution is 2.38. The lowest BCUT2D eigenvalue weighted by molar-refractivity contribution is -0.125. The lowest BCUT2D eigenvalue weighted by Gasteiger charge is -2.33. The molecule has 0 saturated carbocycles. The van der Waals surface area contributed by atoms with Crippen molar-refractivity contribution in [2.45, 2.75) is 33.4 Å². The van der Waals surface area contributed by atoms with E-state index in [0.29, 0.717) is 28.6 Å². The minimum atomic E-state index is -0.656.